The van der Waals surface area contributed by atoms with Crippen molar-refractivity contribution in [2.45, 2.75) is 28.5 Å². The van der Waals surface area contributed by atoms with Crippen molar-refractivity contribution in [2.24, 2.45) is 17.8 Å². The maximum absolute atomic E-state index is 15.3. The summed E-state index contributed by atoms with van der Waals surface area (Å²) in [5.74, 6) is -21.3. The molecule has 1 saturated carbocycles. The fourth-order valence-corrected chi connectivity index (χ4v) is 9.60. The van der Waals surface area contributed by atoms with Gasteiger partial charge < -0.3 is 5.11 Å². The lowest BCUT2D eigenvalue weighted by molar-refractivity contribution is -0.125. The first kappa shape index (κ1) is 34.0. The Morgan fingerprint density at radius 2 is 1.33 bits per heavy atom. The van der Waals surface area contributed by atoms with E-state index in [1.54, 1.807) is 54.6 Å². The molecule has 1 N–H and O–H groups in total. The first-order valence-corrected chi connectivity index (χ1v) is 17.3. The minimum atomic E-state index is -2.68. The van der Waals surface area contributed by atoms with Crippen molar-refractivity contribution in [3.8, 4) is 5.75 Å². The summed E-state index contributed by atoms with van der Waals surface area (Å²) >= 11 is 16.6. The third-order valence-corrected chi connectivity index (χ3v) is 12.7. The smallest absolute Gasteiger partial charge is 0.258 e. The molecule has 51 heavy (non-hydrogen) atoms. The fraction of sp³-hybridized carbons (Fsp3) is 0.222. The van der Waals surface area contributed by atoms with Crippen LogP contribution in [-0.2, 0) is 19.2 Å². The van der Waals surface area contributed by atoms with Gasteiger partial charge in [-0.3, -0.25) is 24.1 Å². The van der Waals surface area contributed by atoms with Gasteiger partial charge >= 0.3 is 0 Å². The Morgan fingerprint density at radius 3 is 1.98 bits per heavy atom. The molecule has 0 aromatic heterocycles. The average Bonchev–Trinajstić information content (AvgIpc) is 3.45. The Kier molecular flexibility index (Phi) is 7.65. The zero-order valence-corrected chi connectivity index (χ0v) is 29.2. The number of allylic oxidation sites excluding steroid dienone is 2. The molecule has 6 atom stereocenters. The van der Waals surface area contributed by atoms with Gasteiger partial charge in [-0.25, -0.2) is 26.9 Å². The van der Waals surface area contributed by atoms with E-state index in [0.717, 1.165) is 8.47 Å². The molecule has 4 aromatic carbocycles. The van der Waals surface area contributed by atoms with Crippen molar-refractivity contribution < 1.29 is 46.2 Å². The van der Waals surface area contributed by atoms with E-state index in [4.69, 9.17) is 23.2 Å². The topological polar surface area (TPSA) is 95.0 Å². The van der Waals surface area contributed by atoms with Crippen LogP contribution in [0.25, 0.3) is 10.8 Å². The number of rotatable bonds is 3. The third-order valence-electron chi connectivity index (χ3n) is 10.6. The molecule has 2 aliphatic carbocycles. The molecule has 4 aromatic rings. The van der Waals surface area contributed by atoms with Crippen LogP contribution in [0.4, 0.5) is 33.3 Å². The van der Waals surface area contributed by atoms with Crippen molar-refractivity contribution in [1.29, 1.82) is 0 Å². The van der Waals surface area contributed by atoms with E-state index in [1.165, 1.54) is 12.1 Å². The molecular weight excluding hydrogens is 833 g/mol. The van der Waals surface area contributed by atoms with Crippen LogP contribution in [0, 0.1) is 50.4 Å². The lowest BCUT2D eigenvalue weighted by Gasteiger charge is -2.51. The minimum absolute atomic E-state index is 0.000203. The molecule has 8 rings (SSSR count). The van der Waals surface area contributed by atoms with Crippen LogP contribution >= 0.6 is 45.8 Å². The number of amides is 4. The van der Waals surface area contributed by atoms with E-state index in [9.17, 15) is 37.5 Å². The number of halogens is 8. The van der Waals surface area contributed by atoms with E-state index in [2.05, 4.69) is 22.6 Å². The number of hydrogen-bond donors (Lipinski definition) is 1. The molecule has 15 heteroatoms. The SMILES string of the molecule is O=C1C2CC=C3C(CC4(Cl)C(=O)N(c5c(F)c(F)c(F)c(F)c5F)C(=O)C4(Cl)C3c3ccc(O)c4ccccc34)C2C(=O)N1c1ccc(I)cc1. The normalized spacial score (nSPS) is 28.7. The molecular formula is C36H20Cl2F5IN2O5. The number of phenols is 1. The Labute approximate surface area is 308 Å². The van der Waals surface area contributed by atoms with E-state index in [1.807, 2.05) is 0 Å². The Hall–Kier alpha value is -4.08. The largest absolute Gasteiger partial charge is 0.507 e. The number of benzene rings is 4. The molecule has 2 saturated heterocycles. The Balaban J connectivity index is 1.37. The number of carbonyl (C=O) groups excluding carboxylic acids is 4. The van der Waals surface area contributed by atoms with Gasteiger partial charge in [0.25, 0.3) is 11.8 Å². The average molecular weight is 853 g/mol. The second kappa shape index (κ2) is 11.5. The van der Waals surface area contributed by atoms with Crippen LogP contribution in [0.1, 0.15) is 24.3 Å². The molecule has 7 nitrogen and oxygen atoms in total. The van der Waals surface area contributed by atoms with Crippen molar-refractivity contribution in [3.05, 3.63) is 111 Å². The van der Waals surface area contributed by atoms with Crippen LogP contribution in [-0.4, -0.2) is 38.5 Å². The number of hydrogen-bond acceptors (Lipinski definition) is 5. The van der Waals surface area contributed by atoms with E-state index < -0.39 is 98.2 Å². The highest BCUT2D eigenvalue weighted by Crippen LogP contribution is 2.66. The second-order valence-electron chi connectivity index (χ2n) is 12.9. The van der Waals surface area contributed by atoms with Crippen molar-refractivity contribution in [1.82, 2.24) is 0 Å². The third kappa shape index (κ3) is 4.34. The highest BCUT2D eigenvalue weighted by Gasteiger charge is 2.77. The maximum Gasteiger partial charge on any atom is 0.258 e. The van der Waals surface area contributed by atoms with Crippen LogP contribution < -0.4 is 9.80 Å². The predicted octanol–water partition coefficient (Wildman–Crippen LogP) is 7.61. The summed E-state index contributed by atoms with van der Waals surface area (Å²) in [6.07, 6.45) is 1.01. The predicted molar refractivity (Wildman–Crippen MR) is 184 cm³/mol. The number of fused-ring (bicyclic) bond motifs is 5. The Bertz CT molecular complexity index is 2300. The quantitative estimate of drug-likeness (QED) is 0.0436. The van der Waals surface area contributed by atoms with Crippen LogP contribution in [0.3, 0.4) is 0 Å². The van der Waals surface area contributed by atoms with Gasteiger partial charge in [-0.2, -0.15) is 0 Å². The molecule has 3 fully saturated rings. The van der Waals surface area contributed by atoms with Gasteiger partial charge in [-0.05, 0) is 82.6 Å². The zero-order valence-electron chi connectivity index (χ0n) is 25.6. The summed E-state index contributed by atoms with van der Waals surface area (Å²) in [4.78, 5) is 52.6. The van der Waals surface area contributed by atoms with Gasteiger partial charge in [0.1, 0.15) is 11.4 Å². The summed E-state index contributed by atoms with van der Waals surface area (Å²) in [6.45, 7) is 0. The van der Waals surface area contributed by atoms with E-state index in [0.29, 0.717) is 16.6 Å². The van der Waals surface area contributed by atoms with Crippen molar-refractivity contribution in [2.75, 3.05) is 9.80 Å². The standard InChI is InChI=1S/C36H20Cl2F5IN2O5/c37-35-13-21-19(9-10-20-23(21)32(49)45(31(20)48)15-7-5-14(44)6-8-15)24(18-11-12-22(47)17-4-2-1-3-16(17)18)36(35,38)34(51)46(33(35)50)30-28(42)26(40)25(39)27(41)29(30)43/h1-9,11-12,20-21,23-24,47H,10,13H2. The molecule has 0 spiro atoms. The number of anilines is 2. The maximum atomic E-state index is 15.3. The zero-order chi connectivity index (χ0) is 36.5. The first-order chi connectivity index (χ1) is 24.1. The van der Waals surface area contributed by atoms with Gasteiger partial charge in [-0.15, -0.1) is 23.2 Å². The van der Waals surface area contributed by atoms with E-state index in [-0.39, 0.29) is 28.0 Å². The molecule has 6 unspecified atom stereocenters. The lowest BCUT2D eigenvalue weighted by Crippen LogP contribution is -2.60. The monoisotopic (exact) mass is 852 g/mol. The summed E-state index contributed by atoms with van der Waals surface area (Å²) in [7, 11) is 0. The van der Waals surface area contributed by atoms with Crippen LogP contribution in [0.15, 0.2) is 72.3 Å². The second-order valence-corrected chi connectivity index (χ2v) is 15.4. The van der Waals surface area contributed by atoms with Crippen molar-refractivity contribution >= 4 is 91.6 Å². The lowest BCUT2D eigenvalue weighted by atomic mass is 9.56. The molecule has 2 aliphatic heterocycles. The summed E-state index contributed by atoms with van der Waals surface area (Å²) in [6, 6.07) is 15.7. The number of aromatic hydroxyl groups is 1. The first-order valence-electron chi connectivity index (χ1n) is 15.5. The number of phenolic OH excluding ortho intramolecular Hbond substituents is 1. The summed E-state index contributed by atoms with van der Waals surface area (Å²) in [5.41, 5.74) is -1.03. The van der Waals surface area contributed by atoms with Crippen molar-refractivity contribution in [3.63, 3.8) is 0 Å². The Morgan fingerprint density at radius 1 is 0.725 bits per heavy atom. The number of carbonyl (C=O) groups is 4. The van der Waals surface area contributed by atoms with Gasteiger partial charge in [0, 0.05) is 14.9 Å². The highest BCUT2D eigenvalue weighted by molar-refractivity contribution is 14.1. The van der Waals surface area contributed by atoms with E-state index >= 15 is 8.78 Å². The highest BCUT2D eigenvalue weighted by atomic mass is 127. The van der Waals surface area contributed by atoms with Gasteiger partial charge in [-0.1, -0.05) is 42.0 Å². The molecule has 0 radical (unpaired) electrons. The minimum Gasteiger partial charge on any atom is -0.507 e. The number of alkyl halides is 2. The molecule has 4 amide bonds. The molecule has 2 heterocycles. The van der Waals surface area contributed by atoms with Gasteiger partial charge in [0.15, 0.2) is 33.0 Å². The molecule has 0 bridgehead atoms. The molecule has 4 aliphatic rings. The van der Waals surface area contributed by atoms with Crippen LogP contribution in [0.5, 0.6) is 5.75 Å². The summed E-state index contributed by atoms with van der Waals surface area (Å²) < 4.78 is 74.6. The van der Waals surface area contributed by atoms with Gasteiger partial charge in [0.2, 0.25) is 17.6 Å². The van der Waals surface area contributed by atoms with Gasteiger partial charge in [0.05, 0.1) is 17.5 Å². The molecule has 260 valence electrons. The summed E-state index contributed by atoms with van der Waals surface area (Å²) in [5, 5.41) is 11.3. The number of nitrogens with zero attached hydrogens (tertiary/aromatic N) is 2. The fourth-order valence-electron chi connectivity index (χ4n) is 8.32. The van der Waals surface area contributed by atoms with Crippen LogP contribution in [0.2, 0.25) is 0 Å². The number of imide groups is 2.